The predicted molar refractivity (Wildman–Crippen MR) is 107 cm³/mol. The molecule has 1 fully saturated rings. The third-order valence-corrected chi connectivity index (χ3v) is 5.45. The lowest BCUT2D eigenvalue weighted by molar-refractivity contribution is -0.123. The molecular formula is C22H26N4O. The minimum atomic E-state index is -0.515. The summed E-state index contributed by atoms with van der Waals surface area (Å²) >= 11 is 0. The van der Waals surface area contributed by atoms with Gasteiger partial charge in [-0.05, 0) is 43.4 Å². The van der Waals surface area contributed by atoms with Crippen LogP contribution in [0, 0.1) is 0 Å². The highest BCUT2D eigenvalue weighted by molar-refractivity contribution is 5.82. The van der Waals surface area contributed by atoms with Crippen LogP contribution in [0.2, 0.25) is 0 Å². The van der Waals surface area contributed by atoms with E-state index >= 15 is 0 Å². The minimum Gasteiger partial charge on any atom is -0.352 e. The third kappa shape index (κ3) is 4.19. The van der Waals surface area contributed by atoms with Crippen molar-refractivity contribution in [2.45, 2.75) is 50.1 Å². The van der Waals surface area contributed by atoms with Crippen LogP contribution < -0.4 is 11.1 Å². The summed E-state index contributed by atoms with van der Waals surface area (Å²) < 4.78 is 0. The van der Waals surface area contributed by atoms with Gasteiger partial charge in [-0.2, -0.15) is 0 Å². The predicted octanol–water partition coefficient (Wildman–Crippen LogP) is 3.28. The summed E-state index contributed by atoms with van der Waals surface area (Å²) in [5.41, 5.74) is 9.30. The molecule has 3 atom stereocenters. The minimum absolute atomic E-state index is 0.0610. The van der Waals surface area contributed by atoms with Gasteiger partial charge in [0.1, 0.15) is 5.82 Å². The van der Waals surface area contributed by atoms with E-state index in [4.69, 9.17) is 10.7 Å². The Balaban J connectivity index is 1.37. The smallest absolute Gasteiger partial charge is 0.237 e. The average molecular weight is 362 g/mol. The van der Waals surface area contributed by atoms with Crippen LogP contribution in [0.4, 0.5) is 0 Å². The van der Waals surface area contributed by atoms with Gasteiger partial charge in [0.2, 0.25) is 5.91 Å². The van der Waals surface area contributed by atoms with Crippen LogP contribution in [0.15, 0.2) is 54.6 Å². The molecule has 0 spiro atoms. The molecular weight excluding hydrogens is 336 g/mol. The number of rotatable bonds is 5. The number of para-hydroxylation sites is 2. The van der Waals surface area contributed by atoms with Crippen molar-refractivity contribution < 1.29 is 4.79 Å². The summed E-state index contributed by atoms with van der Waals surface area (Å²) in [6.07, 6.45) is 4.65. The van der Waals surface area contributed by atoms with E-state index in [1.165, 1.54) is 0 Å². The number of benzene rings is 2. The first kappa shape index (κ1) is 17.7. The Morgan fingerprint density at radius 1 is 1.15 bits per heavy atom. The molecule has 2 unspecified atom stereocenters. The topological polar surface area (TPSA) is 83.8 Å². The molecule has 0 saturated heterocycles. The van der Waals surface area contributed by atoms with Crippen LogP contribution in [0.25, 0.3) is 11.0 Å². The maximum atomic E-state index is 12.5. The standard InChI is InChI=1S/C22H26N4O/c23-18(13-15-7-2-1-3-8-15)22(27)24-17-10-6-9-16(14-17)21-25-19-11-4-5-12-20(19)26-21/h1-5,7-8,11-12,16-18H,6,9-10,13-14,23H2,(H,24,27)(H,25,26)/t16?,17?,18-/m1/s1. The van der Waals surface area contributed by atoms with Crippen molar-refractivity contribution >= 4 is 16.9 Å². The highest BCUT2D eigenvalue weighted by Crippen LogP contribution is 2.32. The third-order valence-electron chi connectivity index (χ3n) is 5.45. The highest BCUT2D eigenvalue weighted by Gasteiger charge is 2.27. The van der Waals surface area contributed by atoms with Gasteiger partial charge in [-0.15, -0.1) is 0 Å². The Bertz CT molecular complexity index is 872. The molecule has 1 aliphatic carbocycles. The second kappa shape index (κ2) is 7.92. The number of hydrogen-bond donors (Lipinski definition) is 3. The number of carbonyl (C=O) groups excluding carboxylic acids is 1. The van der Waals surface area contributed by atoms with Gasteiger partial charge < -0.3 is 16.0 Å². The van der Waals surface area contributed by atoms with Gasteiger partial charge in [-0.1, -0.05) is 48.9 Å². The Labute approximate surface area is 159 Å². The van der Waals surface area contributed by atoms with Crippen molar-refractivity contribution in [3.8, 4) is 0 Å². The van der Waals surface area contributed by atoms with Gasteiger partial charge in [0.25, 0.3) is 0 Å². The summed E-state index contributed by atoms with van der Waals surface area (Å²) in [5.74, 6) is 1.32. The number of aromatic amines is 1. The molecule has 140 valence electrons. The SMILES string of the molecule is N[C@H](Cc1ccccc1)C(=O)NC1CCCC(c2nc3ccccc3[nH]2)C1. The normalized spacial score (nSPS) is 21.1. The van der Waals surface area contributed by atoms with Crippen LogP contribution in [0.5, 0.6) is 0 Å². The van der Waals surface area contributed by atoms with E-state index < -0.39 is 6.04 Å². The Kier molecular flexibility index (Phi) is 5.21. The largest absolute Gasteiger partial charge is 0.352 e. The van der Waals surface area contributed by atoms with Crippen molar-refractivity contribution in [3.05, 3.63) is 66.0 Å². The maximum absolute atomic E-state index is 12.5. The molecule has 5 nitrogen and oxygen atoms in total. The lowest BCUT2D eigenvalue weighted by Crippen LogP contribution is -2.47. The Morgan fingerprint density at radius 3 is 2.74 bits per heavy atom. The van der Waals surface area contributed by atoms with Gasteiger partial charge in [-0.3, -0.25) is 4.79 Å². The second-order valence-electron chi connectivity index (χ2n) is 7.50. The van der Waals surface area contributed by atoms with E-state index in [0.717, 1.165) is 48.1 Å². The van der Waals surface area contributed by atoms with E-state index in [0.29, 0.717) is 12.3 Å². The van der Waals surface area contributed by atoms with Crippen LogP contribution >= 0.6 is 0 Å². The fourth-order valence-electron chi connectivity index (χ4n) is 4.00. The number of aromatic nitrogens is 2. The maximum Gasteiger partial charge on any atom is 0.237 e. The van der Waals surface area contributed by atoms with Gasteiger partial charge in [-0.25, -0.2) is 4.98 Å². The number of fused-ring (bicyclic) bond motifs is 1. The van der Waals surface area contributed by atoms with E-state index in [2.05, 4.69) is 16.4 Å². The second-order valence-corrected chi connectivity index (χ2v) is 7.50. The van der Waals surface area contributed by atoms with E-state index in [1.807, 2.05) is 48.5 Å². The van der Waals surface area contributed by atoms with Gasteiger partial charge >= 0.3 is 0 Å². The summed E-state index contributed by atoms with van der Waals surface area (Å²) in [7, 11) is 0. The van der Waals surface area contributed by atoms with Crippen molar-refractivity contribution in [2.24, 2.45) is 5.73 Å². The quantitative estimate of drug-likeness (QED) is 0.651. The summed E-state index contributed by atoms with van der Waals surface area (Å²) in [6.45, 7) is 0. The molecule has 1 aliphatic rings. The number of nitrogens with one attached hydrogen (secondary N) is 2. The molecule has 0 bridgehead atoms. The highest BCUT2D eigenvalue weighted by atomic mass is 16.2. The number of hydrogen-bond acceptors (Lipinski definition) is 3. The molecule has 1 aromatic heterocycles. The molecule has 1 saturated carbocycles. The Hall–Kier alpha value is -2.66. The zero-order valence-electron chi connectivity index (χ0n) is 15.4. The molecule has 0 radical (unpaired) electrons. The molecule has 4 rings (SSSR count). The average Bonchev–Trinajstić information content (AvgIpc) is 3.13. The van der Waals surface area contributed by atoms with Crippen LogP contribution in [-0.4, -0.2) is 28.0 Å². The molecule has 3 aromatic rings. The number of amides is 1. The van der Waals surface area contributed by atoms with Crippen molar-refractivity contribution in [3.63, 3.8) is 0 Å². The molecule has 1 amide bonds. The summed E-state index contributed by atoms with van der Waals surface area (Å²) in [5, 5.41) is 3.17. The van der Waals surface area contributed by atoms with E-state index in [1.54, 1.807) is 0 Å². The van der Waals surface area contributed by atoms with Crippen LogP contribution in [-0.2, 0) is 11.2 Å². The molecule has 0 aliphatic heterocycles. The fraction of sp³-hybridized carbons (Fsp3) is 0.364. The van der Waals surface area contributed by atoms with Crippen molar-refractivity contribution in [2.75, 3.05) is 0 Å². The van der Waals surface area contributed by atoms with Gasteiger partial charge in [0, 0.05) is 12.0 Å². The fourth-order valence-corrected chi connectivity index (χ4v) is 4.00. The summed E-state index contributed by atoms with van der Waals surface area (Å²) in [6, 6.07) is 17.7. The van der Waals surface area contributed by atoms with E-state index in [-0.39, 0.29) is 11.9 Å². The van der Waals surface area contributed by atoms with Crippen molar-refractivity contribution in [1.82, 2.24) is 15.3 Å². The number of H-pyrrole nitrogens is 1. The number of carbonyl (C=O) groups is 1. The van der Waals surface area contributed by atoms with Crippen LogP contribution in [0.1, 0.15) is 43.0 Å². The molecule has 5 heteroatoms. The lowest BCUT2D eigenvalue weighted by Gasteiger charge is -2.29. The van der Waals surface area contributed by atoms with Crippen LogP contribution in [0.3, 0.4) is 0 Å². The summed E-state index contributed by atoms with van der Waals surface area (Å²) in [4.78, 5) is 20.7. The number of nitrogens with zero attached hydrogens (tertiary/aromatic N) is 1. The van der Waals surface area contributed by atoms with Gasteiger partial charge in [0.05, 0.1) is 17.1 Å². The first-order valence-corrected chi connectivity index (χ1v) is 9.73. The first-order chi connectivity index (χ1) is 13.2. The van der Waals surface area contributed by atoms with E-state index in [9.17, 15) is 4.79 Å². The lowest BCUT2D eigenvalue weighted by atomic mass is 9.85. The first-order valence-electron chi connectivity index (χ1n) is 9.73. The van der Waals surface area contributed by atoms with Gasteiger partial charge in [0.15, 0.2) is 0 Å². The molecule has 4 N–H and O–H groups in total. The zero-order valence-corrected chi connectivity index (χ0v) is 15.4. The number of imidazole rings is 1. The number of nitrogens with two attached hydrogens (primary N) is 1. The zero-order chi connectivity index (χ0) is 18.6. The molecule has 2 aromatic carbocycles. The Morgan fingerprint density at radius 2 is 1.93 bits per heavy atom. The molecule has 27 heavy (non-hydrogen) atoms. The monoisotopic (exact) mass is 362 g/mol. The molecule has 1 heterocycles. The van der Waals surface area contributed by atoms with Crippen molar-refractivity contribution in [1.29, 1.82) is 0 Å².